The zero-order chi connectivity index (χ0) is 14.8. The fourth-order valence-electron chi connectivity index (χ4n) is 2.59. The predicted octanol–water partition coefficient (Wildman–Crippen LogP) is 4.42. The molecule has 0 bridgehead atoms. The first-order chi connectivity index (χ1) is 9.69. The van der Waals surface area contributed by atoms with Crippen molar-refractivity contribution >= 4 is 0 Å². The summed E-state index contributed by atoms with van der Waals surface area (Å²) in [5, 5.41) is 0. The van der Waals surface area contributed by atoms with Crippen molar-refractivity contribution in [2.75, 3.05) is 13.2 Å². The van der Waals surface area contributed by atoms with E-state index in [2.05, 4.69) is 45.0 Å². The molecule has 1 aromatic carbocycles. The van der Waals surface area contributed by atoms with E-state index in [-0.39, 0.29) is 0 Å². The van der Waals surface area contributed by atoms with Gasteiger partial charge in [0.05, 0.1) is 6.61 Å². The van der Waals surface area contributed by atoms with Crippen molar-refractivity contribution in [1.29, 1.82) is 0 Å². The summed E-state index contributed by atoms with van der Waals surface area (Å²) < 4.78 is 6.00. The average molecular weight is 277 g/mol. The van der Waals surface area contributed by atoms with Crippen LogP contribution in [0.25, 0.3) is 0 Å². The molecule has 0 saturated heterocycles. The number of benzene rings is 1. The molecule has 20 heavy (non-hydrogen) atoms. The fraction of sp³-hybridized carbons (Fsp3) is 0.667. The fourth-order valence-corrected chi connectivity index (χ4v) is 2.59. The van der Waals surface area contributed by atoms with Crippen LogP contribution in [0.3, 0.4) is 0 Å². The van der Waals surface area contributed by atoms with Gasteiger partial charge in [-0.05, 0) is 55.3 Å². The number of ether oxygens (including phenoxy) is 1. The monoisotopic (exact) mass is 277 g/mol. The van der Waals surface area contributed by atoms with Gasteiger partial charge in [0, 0.05) is 0 Å². The van der Waals surface area contributed by atoms with E-state index in [0.29, 0.717) is 11.8 Å². The highest BCUT2D eigenvalue weighted by Crippen LogP contribution is 2.19. The summed E-state index contributed by atoms with van der Waals surface area (Å²) in [5.41, 5.74) is 7.01. The molecule has 0 spiro atoms. The Balaban J connectivity index is 2.52. The molecule has 0 saturated carbocycles. The van der Waals surface area contributed by atoms with E-state index in [1.54, 1.807) is 0 Å². The van der Waals surface area contributed by atoms with Gasteiger partial charge in [-0.1, -0.05) is 45.7 Å². The molecule has 0 aliphatic heterocycles. The molecule has 2 heteroatoms. The van der Waals surface area contributed by atoms with Gasteiger partial charge in [-0.15, -0.1) is 0 Å². The molecule has 2 N–H and O–H groups in total. The van der Waals surface area contributed by atoms with Gasteiger partial charge in [0.1, 0.15) is 5.75 Å². The van der Waals surface area contributed by atoms with E-state index in [0.717, 1.165) is 25.3 Å². The molecule has 1 unspecified atom stereocenters. The summed E-state index contributed by atoms with van der Waals surface area (Å²) in [6, 6.07) is 8.48. The zero-order valence-corrected chi connectivity index (χ0v) is 13.4. The Morgan fingerprint density at radius 3 is 2.45 bits per heavy atom. The maximum Gasteiger partial charge on any atom is 0.119 e. The van der Waals surface area contributed by atoms with Crippen molar-refractivity contribution in [1.82, 2.24) is 0 Å². The summed E-state index contributed by atoms with van der Waals surface area (Å²) in [7, 11) is 0. The van der Waals surface area contributed by atoms with E-state index in [9.17, 15) is 0 Å². The number of hydrogen-bond acceptors (Lipinski definition) is 2. The quantitative estimate of drug-likeness (QED) is 0.687. The molecule has 0 amide bonds. The van der Waals surface area contributed by atoms with Crippen LogP contribution in [0.2, 0.25) is 0 Å². The van der Waals surface area contributed by atoms with E-state index in [1.807, 2.05) is 0 Å². The highest BCUT2D eigenvalue weighted by Gasteiger charge is 2.08. The second-order valence-corrected chi connectivity index (χ2v) is 5.95. The lowest BCUT2D eigenvalue weighted by Gasteiger charge is -2.17. The third-order valence-corrected chi connectivity index (χ3v) is 3.76. The first kappa shape index (κ1) is 17.0. The highest BCUT2D eigenvalue weighted by atomic mass is 16.5. The van der Waals surface area contributed by atoms with Crippen LogP contribution in [0.5, 0.6) is 5.75 Å². The Kier molecular flexibility index (Phi) is 8.36. The molecule has 114 valence electrons. The molecule has 0 aliphatic rings. The first-order valence-electron chi connectivity index (χ1n) is 8.11. The lowest BCUT2D eigenvalue weighted by atomic mass is 9.99. The first-order valence-corrected chi connectivity index (χ1v) is 8.11. The van der Waals surface area contributed by atoms with Crippen LogP contribution < -0.4 is 10.5 Å². The molecule has 1 aromatic rings. The number of nitrogens with two attached hydrogens (primary N) is 1. The van der Waals surface area contributed by atoms with Crippen molar-refractivity contribution in [3.8, 4) is 5.75 Å². The number of rotatable bonds is 10. The molecule has 0 aromatic heterocycles. The van der Waals surface area contributed by atoms with Crippen molar-refractivity contribution in [2.24, 2.45) is 17.6 Å². The van der Waals surface area contributed by atoms with Crippen LogP contribution in [0.4, 0.5) is 0 Å². The van der Waals surface area contributed by atoms with Gasteiger partial charge < -0.3 is 10.5 Å². The van der Waals surface area contributed by atoms with E-state index in [4.69, 9.17) is 10.5 Å². The van der Waals surface area contributed by atoms with Gasteiger partial charge >= 0.3 is 0 Å². The van der Waals surface area contributed by atoms with Crippen LogP contribution >= 0.6 is 0 Å². The largest absolute Gasteiger partial charge is 0.493 e. The molecule has 1 atom stereocenters. The highest BCUT2D eigenvalue weighted by molar-refractivity contribution is 5.28. The van der Waals surface area contributed by atoms with E-state index >= 15 is 0 Å². The maximum atomic E-state index is 6.00. The minimum absolute atomic E-state index is 0.526. The predicted molar refractivity (Wildman–Crippen MR) is 87.2 cm³/mol. The van der Waals surface area contributed by atoms with Crippen molar-refractivity contribution < 1.29 is 4.74 Å². The molecule has 0 radical (unpaired) electrons. The Bertz CT molecular complexity index is 358. The van der Waals surface area contributed by atoms with Gasteiger partial charge in [-0.2, -0.15) is 0 Å². The Hall–Kier alpha value is -1.02. The van der Waals surface area contributed by atoms with Crippen molar-refractivity contribution in [3.63, 3.8) is 0 Å². The van der Waals surface area contributed by atoms with Crippen LogP contribution in [0, 0.1) is 11.8 Å². The third-order valence-electron chi connectivity index (χ3n) is 3.76. The summed E-state index contributed by atoms with van der Waals surface area (Å²) >= 11 is 0. The standard InChI is InChI=1S/C18H31NO/c1-4-7-16(8-5-2)14-20-18-10-6-9-17(12-18)11-15(3)13-19/h6,9-10,12,15-16H,4-5,7-8,11,13-14,19H2,1-3H3. The van der Waals surface area contributed by atoms with Gasteiger partial charge in [-0.25, -0.2) is 0 Å². The van der Waals surface area contributed by atoms with Gasteiger partial charge in [0.15, 0.2) is 0 Å². The molecular weight excluding hydrogens is 246 g/mol. The second kappa shape index (κ2) is 9.82. The zero-order valence-electron chi connectivity index (χ0n) is 13.4. The topological polar surface area (TPSA) is 35.2 Å². The molecule has 0 fully saturated rings. The smallest absolute Gasteiger partial charge is 0.119 e. The van der Waals surface area contributed by atoms with Gasteiger partial charge in [0.25, 0.3) is 0 Å². The molecule has 2 nitrogen and oxygen atoms in total. The summed E-state index contributed by atoms with van der Waals surface area (Å²) in [5.74, 6) is 2.22. The van der Waals surface area contributed by atoms with Crippen LogP contribution in [-0.4, -0.2) is 13.2 Å². The second-order valence-electron chi connectivity index (χ2n) is 5.95. The van der Waals surface area contributed by atoms with E-state index < -0.39 is 0 Å². The maximum absolute atomic E-state index is 6.00. The van der Waals surface area contributed by atoms with Crippen molar-refractivity contribution in [3.05, 3.63) is 29.8 Å². The summed E-state index contributed by atoms with van der Waals surface area (Å²) in [6.07, 6.45) is 6.03. The Labute approximate surface area is 124 Å². The molecule has 1 rings (SSSR count). The van der Waals surface area contributed by atoms with Crippen LogP contribution in [-0.2, 0) is 6.42 Å². The number of hydrogen-bond donors (Lipinski definition) is 1. The van der Waals surface area contributed by atoms with Gasteiger partial charge in [-0.3, -0.25) is 0 Å². The van der Waals surface area contributed by atoms with Crippen LogP contribution in [0.15, 0.2) is 24.3 Å². The van der Waals surface area contributed by atoms with E-state index in [1.165, 1.54) is 31.2 Å². The summed E-state index contributed by atoms with van der Waals surface area (Å²) in [4.78, 5) is 0. The van der Waals surface area contributed by atoms with Crippen molar-refractivity contribution in [2.45, 2.75) is 52.9 Å². The van der Waals surface area contributed by atoms with Crippen LogP contribution in [0.1, 0.15) is 52.0 Å². The lowest BCUT2D eigenvalue weighted by Crippen LogP contribution is -2.14. The normalized spacial score (nSPS) is 12.7. The minimum Gasteiger partial charge on any atom is -0.493 e. The molecular formula is C18H31NO. The summed E-state index contributed by atoms with van der Waals surface area (Å²) in [6.45, 7) is 8.26. The SMILES string of the molecule is CCCC(CCC)COc1cccc(CC(C)CN)c1. The molecule has 0 aliphatic carbocycles. The Morgan fingerprint density at radius 1 is 1.15 bits per heavy atom. The third kappa shape index (κ3) is 6.42. The lowest BCUT2D eigenvalue weighted by molar-refractivity contribution is 0.229. The minimum atomic E-state index is 0.526. The van der Waals surface area contributed by atoms with Gasteiger partial charge in [0.2, 0.25) is 0 Å². The average Bonchev–Trinajstić information content (AvgIpc) is 2.45. The molecule has 0 heterocycles. The Morgan fingerprint density at radius 2 is 1.85 bits per heavy atom.